The zero-order valence-electron chi connectivity index (χ0n) is 16.8. The topological polar surface area (TPSA) is 86.6 Å². The Morgan fingerprint density at radius 1 is 1.21 bits per heavy atom. The molecule has 29 heavy (non-hydrogen) atoms. The van der Waals surface area contributed by atoms with Gasteiger partial charge in [-0.1, -0.05) is 12.1 Å². The lowest BCUT2D eigenvalue weighted by atomic mass is 9.95. The fourth-order valence-electron chi connectivity index (χ4n) is 3.37. The van der Waals surface area contributed by atoms with Gasteiger partial charge in [0, 0.05) is 19.3 Å². The number of hydrogen-bond donors (Lipinski definition) is 1. The van der Waals surface area contributed by atoms with Gasteiger partial charge in [-0.25, -0.2) is 14.4 Å². The van der Waals surface area contributed by atoms with Crippen molar-refractivity contribution in [3.05, 3.63) is 64.5 Å². The van der Waals surface area contributed by atoms with Crippen LogP contribution in [-0.4, -0.2) is 63.7 Å². The highest BCUT2D eigenvalue weighted by molar-refractivity contribution is 6.46. The maximum absolute atomic E-state index is 13.5. The number of aliphatic hydroxyl groups excluding tert-OH is 1. The van der Waals surface area contributed by atoms with Crippen LogP contribution in [0.5, 0.6) is 0 Å². The SMILES string of the molecule is Cc1ncc(C(O)=C2C(=O)C(=O)N(CCN(C)C)C2c2ccc(F)cc2)c(C)n1. The van der Waals surface area contributed by atoms with Gasteiger partial charge in [0.25, 0.3) is 11.7 Å². The van der Waals surface area contributed by atoms with E-state index in [1.54, 1.807) is 13.8 Å². The van der Waals surface area contributed by atoms with Gasteiger partial charge in [-0.05, 0) is 45.6 Å². The number of aryl methyl sites for hydroxylation is 2. The van der Waals surface area contributed by atoms with Crippen molar-refractivity contribution in [3.8, 4) is 0 Å². The van der Waals surface area contributed by atoms with Crippen LogP contribution in [0.4, 0.5) is 4.39 Å². The van der Waals surface area contributed by atoms with Gasteiger partial charge in [0.05, 0.1) is 22.9 Å². The molecule has 1 saturated heterocycles. The van der Waals surface area contributed by atoms with Crippen LogP contribution in [0.15, 0.2) is 36.0 Å². The van der Waals surface area contributed by atoms with E-state index in [9.17, 15) is 19.1 Å². The number of Topliss-reactive ketones (excluding diaryl/α,β-unsaturated/α-hetero) is 1. The first-order valence-corrected chi connectivity index (χ1v) is 9.20. The number of likely N-dealkylation sites (tertiary alicyclic amines) is 1. The van der Waals surface area contributed by atoms with Crippen LogP contribution in [0.3, 0.4) is 0 Å². The number of nitrogens with zero attached hydrogens (tertiary/aromatic N) is 4. The minimum Gasteiger partial charge on any atom is -0.507 e. The molecule has 0 spiro atoms. The highest BCUT2D eigenvalue weighted by Crippen LogP contribution is 2.39. The summed E-state index contributed by atoms with van der Waals surface area (Å²) in [6, 6.07) is 4.74. The first-order valence-electron chi connectivity index (χ1n) is 9.20. The Kier molecular flexibility index (Phi) is 5.74. The Morgan fingerprint density at radius 2 is 1.86 bits per heavy atom. The smallest absolute Gasteiger partial charge is 0.295 e. The molecule has 1 atom stereocenters. The molecule has 1 aromatic carbocycles. The molecular weight excluding hydrogens is 375 g/mol. The van der Waals surface area contributed by atoms with E-state index in [4.69, 9.17) is 0 Å². The maximum atomic E-state index is 13.5. The summed E-state index contributed by atoms with van der Waals surface area (Å²) in [6.07, 6.45) is 1.43. The zero-order valence-corrected chi connectivity index (χ0v) is 16.8. The first kappa shape index (κ1) is 20.6. The molecule has 2 heterocycles. The number of rotatable bonds is 5. The van der Waals surface area contributed by atoms with E-state index in [2.05, 4.69) is 9.97 Å². The van der Waals surface area contributed by atoms with Crippen molar-refractivity contribution in [2.24, 2.45) is 0 Å². The molecule has 1 aliphatic rings. The molecule has 2 aromatic rings. The van der Waals surface area contributed by atoms with Crippen molar-refractivity contribution in [1.29, 1.82) is 0 Å². The predicted octanol–water partition coefficient (Wildman–Crippen LogP) is 2.22. The molecule has 3 rings (SSSR count). The molecule has 0 radical (unpaired) electrons. The van der Waals surface area contributed by atoms with Crippen LogP contribution in [0.25, 0.3) is 5.76 Å². The molecular formula is C21H23FN4O3. The summed E-state index contributed by atoms with van der Waals surface area (Å²) in [7, 11) is 3.72. The Bertz CT molecular complexity index is 986. The third-order valence-corrected chi connectivity index (χ3v) is 4.87. The monoisotopic (exact) mass is 398 g/mol. The van der Waals surface area contributed by atoms with Crippen LogP contribution in [0.1, 0.15) is 28.7 Å². The number of aliphatic hydroxyl groups is 1. The summed E-state index contributed by atoms with van der Waals surface area (Å²) in [4.78, 5) is 37.2. The van der Waals surface area contributed by atoms with Crippen LogP contribution >= 0.6 is 0 Å². The molecule has 1 N–H and O–H groups in total. The van der Waals surface area contributed by atoms with Gasteiger partial charge in [-0.3, -0.25) is 9.59 Å². The van der Waals surface area contributed by atoms with E-state index in [0.717, 1.165) is 0 Å². The van der Waals surface area contributed by atoms with E-state index in [0.29, 0.717) is 23.6 Å². The predicted molar refractivity (Wildman–Crippen MR) is 105 cm³/mol. The second-order valence-corrected chi connectivity index (χ2v) is 7.26. The van der Waals surface area contributed by atoms with Gasteiger partial charge in [0.1, 0.15) is 17.4 Å². The standard InChI is InChI=1S/C21H23FN4O3/c1-12-16(11-23-13(2)24-12)19(27)17-18(14-5-7-15(22)8-6-14)26(10-9-25(3)4)21(29)20(17)28/h5-8,11,18,27H,9-10H2,1-4H3. The number of carbonyl (C=O) groups excluding carboxylic acids is 2. The number of hydrogen-bond acceptors (Lipinski definition) is 6. The first-order chi connectivity index (χ1) is 13.7. The average molecular weight is 398 g/mol. The van der Waals surface area contributed by atoms with E-state index in [1.165, 1.54) is 35.4 Å². The Labute approximate surface area is 168 Å². The quantitative estimate of drug-likeness (QED) is 0.472. The third kappa shape index (κ3) is 4.02. The van der Waals surface area contributed by atoms with Gasteiger partial charge in [-0.2, -0.15) is 0 Å². The number of benzene rings is 1. The number of halogens is 1. The normalized spacial score (nSPS) is 18.7. The summed E-state index contributed by atoms with van der Waals surface area (Å²) < 4.78 is 13.5. The average Bonchev–Trinajstić information content (AvgIpc) is 2.91. The van der Waals surface area contributed by atoms with Crippen LogP contribution in [0, 0.1) is 19.7 Å². The van der Waals surface area contributed by atoms with E-state index in [-0.39, 0.29) is 23.4 Å². The molecule has 1 amide bonds. The fourth-order valence-corrected chi connectivity index (χ4v) is 3.37. The van der Waals surface area contributed by atoms with Crippen molar-refractivity contribution in [2.45, 2.75) is 19.9 Å². The summed E-state index contributed by atoms with van der Waals surface area (Å²) in [5.74, 6) is -1.71. The summed E-state index contributed by atoms with van der Waals surface area (Å²) in [6.45, 7) is 4.21. The van der Waals surface area contributed by atoms with Crippen molar-refractivity contribution in [2.75, 3.05) is 27.2 Å². The number of amides is 1. The van der Waals surface area contributed by atoms with Gasteiger partial charge in [0.2, 0.25) is 0 Å². The Balaban J connectivity index is 2.17. The van der Waals surface area contributed by atoms with Gasteiger partial charge in [0.15, 0.2) is 0 Å². The molecule has 0 aliphatic carbocycles. The zero-order chi connectivity index (χ0) is 21.3. The highest BCUT2D eigenvalue weighted by Gasteiger charge is 2.46. The van der Waals surface area contributed by atoms with Crippen molar-refractivity contribution in [1.82, 2.24) is 19.8 Å². The summed E-state index contributed by atoms with van der Waals surface area (Å²) in [5.41, 5.74) is 1.27. The molecule has 0 saturated carbocycles. The number of carbonyl (C=O) groups is 2. The Hall–Kier alpha value is -3.13. The van der Waals surface area contributed by atoms with Gasteiger partial charge < -0.3 is 14.9 Å². The molecule has 1 aromatic heterocycles. The number of likely N-dealkylation sites (N-methyl/N-ethyl adjacent to an activating group) is 1. The minimum absolute atomic E-state index is 0.0454. The van der Waals surface area contributed by atoms with Gasteiger partial charge >= 0.3 is 0 Å². The second-order valence-electron chi connectivity index (χ2n) is 7.26. The van der Waals surface area contributed by atoms with Crippen LogP contribution in [0.2, 0.25) is 0 Å². The Morgan fingerprint density at radius 3 is 2.45 bits per heavy atom. The van der Waals surface area contributed by atoms with Crippen molar-refractivity contribution >= 4 is 17.4 Å². The lowest BCUT2D eigenvalue weighted by molar-refractivity contribution is -0.140. The fraction of sp³-hybridized carbons (Fsp3) is 0.333. The summed E-state index contributed by atoms with van der Waals surface area (Å²) in [5, 5.41) is 11.0. The van der Waals surface area contributed by atoms with Crippen LogP contribution in [-0.2, 0) is 9.59 Å². The van der Waals surface area contributed by atoms with Crippen LogP contribution < -0.4 is 0 Å². The second kappa shape index (κ2) is 8.08. The molecule has 152 valence electrons. The van der Waals surface area contributed by atoms with E-state index in [1.807, 2.05) is 19.0 Å². The van der Waals surface area contributed by atoms with Crippen molar-refractivity contribution < 1.29 is 19.1 Å². The number of aromatic nitrogens is 2. The van der Waals surface area contributed by atoms with Crippen molar-refractivity contribution in [3.63, 3.8) is 0 Å². The largest absolute Gasteiger partial charge is 0.507 e. The van der Waals surface area contributed by atoms with Gasteiger partial charge in [-0.15, -0.1) is 0 Å². The molecule has 7 nitrogen and oxygen atoms in total. The molecule has 0 bridgehead atoms. The molecule has 1 fully saturated rings. The molecule has 1 unspecified atom stereocenters. The maximum Gasteiger partial charge on any atom is 0.295 e. The summed E-state index contributed by atoms with van der Waals surface area (Å²) >= 11 is 0. The third-order valence-electron chi connectivity index (χ3n) is 4.87. The minimum atomic E-state index is -0.823. The number of ketones is 1. The molecule has 8 heteroatoms. The van der Waals surface area contributed by atoms with E-state index < -0.39 is 23.5 Å². The lowest BCUT2D eigenvalue weighted by Gasteiger charge is -2.26. The highest BCUT2D eigenvalue weighted by atomic mass is 19.1. The lowest BCUT2D eigenvalue weighted by Crippen LogP contribution is -2.35. The van der Waals surface area contributed by atoms with E-state index >= 15 is 0 Å². The molecule has 1 aliphatic heterocycles.